The van der Waals surface area contributed by atoms with E-state index in [0.717, 1.165) is 22.1 Å². The van der Waals surface area contributed by atoms with Crippen molar-refractivity contribution in [1.29, 1.82) is 0 Å². The zero-order valence-corrected chi connectivity index (χ0v) is 28.1. The van der Waals surface area contributed by atoms with E-state index in [1.54, 1.807) is 0 Å². The van der Waals surface area contributed by atoms with Gasteiger partial charge in [0.05, 0.1) is 0 Å². The first-order chi connectivity index (χ1) is 24.3. The van der Waals surface area contributed by atoms with Gasteiger partial charge in [0.15, 0.2) is 0 Å². The van der Waals surface area contributed by atoms with E-state index in [0.29, 0.717) is 17.5 Å². The van der Waals surface area contributed by atoms with Crippen LogP contribution in [-0.2, 0) is 0 Å². The van der Waals surface area contributed by atoms with Gasteiger partial charge in [0.25, 0.3) is 0 Å². The molecule has 3 nitrogen and oxygen atoms in total. The average molecular weight is 689 g/mol. The molecule has 2 heterocycles. The van der Waals surface area contributed by atoms with Crippen LogP contribution in [0.4, 0.5) is 0 Å². The molecule has 2 aromatic heterocycles. The monoisotopic (exact) mass is 689 g/mol. The Morgan fingerprint density at radius 3 is 1.59 bits per heavy atom. The zero-order chi connectivity index (χ0) is 32.3. The fraction of sp³-hybridized carbons (Fsp3) is 0. The average Bonchev–Trinajstić information content (AvgIpc) is 3.57. The van der Waals surface area contributed by atoms with Crippen molar-refractivity contribution in [3.05, 3.63) is 164 Å². The number of aromatic nitrogens is 3. The summed E-state index contributed by atoms with van der Waals surface area (Å²) in [6, 6.07) is 58.3. The van der Waals surface area contributed by atoms with Gasteiger partial charge in [-0.05, 0) is 5.39 Å². The van der Waals surface area contributed by atoms with E-state index >= 15 is 0 Å². The predicted molar refractivity (Wildman–Crippen MR) is 206 cm³/mol. The summed E-state index contributed by atoms with van der Waals surface area (Å²) in [5, 5.41) is 10.0. The number of rotatable bonds is 4. The Morgan fingerprint density at radius 2 is 0.837 bits per heavy atom. The van der Waals surface area contributed by atoms with Gasteiger partial charge in [0.1, 0.15) is 0 Å². The summed E-state index contributed by atoms with van der Waals surface area (Å²) in [7, 11) is 0. The fourth-order valence-corrected chi connectivity index (χ4v) is 9.97. The molecule has 0 spiro atoms. The van der Waals surface area contributed by atoms with Crippen molar-refractivity contribution >= 4 is 66.1 Å². The Kier molecular flexibility index (Phi) is 6.51. The molecule has 0 aliphatic heterocycles. The zero-order valence-electron chi connectivity index (χ0n) is 26.3. The van der Waals surface area contributed by atoms with Crippen molar-refractivity contribution < 1.29 is 0 Å². The quantitative estimate of drug-likeness (QED) is 0.136. The number of fused-ring (bicyclic) bond motifs is 8. The van der Waals surface area contributed by atoms with E-state index in [2.05, 4.69) is 146 Å². The third kappa shape index (κ3) is 4.69. The molecular formula is C45H27N3Se. The minimum absolute atomic E-state index is 0.0849. The predicted octanol–water partition coefficient (Wildman–Crippen LogP) is 11.4. The third-order valence-electron chi connectivity index (χ3n) is 9.52. The second-order valence-electron chi connectivity index (χ2n) is 12.4. The molecule has 0 radical (unpaired) electrons. The molecule has 0 bridgehead atoms. The minimum atomic E-state index is 0.0849. The van der Waals surface area contributed by atoms with Gasteiger partial charge in [-0.3, -0.25) is 0 Å². The van der Waals surface area contributed by atoms with Gasteiger partial charge < -0.3 is 0 Å². The van der Waals surface area contributed by atoms with Gasteiger partial charge in [0.2, 0.25) is 0 Å². The molecule has 0 atom stereocenters. The number of nitrogens with zero attached hydrogens (tertiary/aromatic N) is 3. The van der Waals surface area contributed by atoms with E-state index in [-0.39, 0.29) is 14.5 Å². The molecule has 0 aliphatic carbocycles. The van der Waals surface area contributed by atoms with Crippen LogP contribution in [0.5, 0.6) is 0 Å². The second kappa shape index (κ2) is 11.3. The molecule has 4 heteroatoms. The summed E-state index contributed by atoms with van der Waals surface area (Å²) in [4.78, 5) is 15.4. The Morgan fingerprint density at radius 1 is 0.306 bits per heavy atom. The van der Waals surface area contributed by atoms with Crippen LogP contribution >= 0.6 is 0 Å². The molecule has 228 valence electrons. The summed E-state index contributed by atoms with van der Waals surface area (Å²) in [6.45, 7) is 0. The van der Waals surface area contributed by atoms with Crippen molar-refractivity contribution in [2.45, 2.75) is 0 Å². The van der Waals surface area contributed by atoms with Crippen LogP contribution in [0.1, 0.15) is 0 Å². The summed E-state index contributed by atoms with van der Waals surface area (Å²) in [6.07, 6.45) is 0. The van der Waals surface area contributed by atoms with E-state index in [1.165, 1.54) is 57.4 Å². The number of hydrogen-bond donors (Lipinski definition) is 0. The van der Waals surface area contributed by atoms with Crippen LogP contribution in [0.25, 0.3) is 96.9 Å². The SMILES string of the molecule is c1ccc(-c2nc(-c3ccc4c(ccc5c6ccccc6ccc45)c3)nc(-c3cccc4c3[se]c3c(-c5ccccc5)cccc34)n2)cc1. The van der Waals surface area contributed by atoms with Crippen molar-refractivity contribution in [3.63, 3.8) is 0 Å². The summed E-state index contributed by atoms with van der Waals surface area (Å²) in [5.41, 5.74) is 5.58. The van der Waals surface area contributed by atoms with Crippen LogP contribution < -0.4 is 0 Å². The van der Waals surface area contributed by atoms with Gasteiger partial charge in [0, 0.05) is 0 Å². The first-order valence-corrected chi connectivity index (χ1v) is 18.2. The summed E-state index contributed by atoms with van der Waals surface area (Å²) >= 11 is 0.0849. The standard InChI is InChI=1S/C45H27N3Se/c1-3-11-28(12-4-1)35-17-9-18-38-39-19-10-20-40(42(39)49-41(35)38)45-47-43(30-14-5-2-6-15-30)46-44(48-45)32-23-24-34-31(27-32)22-26-36-33-16-8-7-13-29(33)21-25-37(34)36/h1-27H. The maximum atomic E-state index is 5.22. The van der Waals surface area contributed by atoms with Crippen molar-refractivity contribution in [2.24, 2.45) is 0 Å². The molecule has 0 saturated carbocycles. The van der Waals surface area contributed by atoms with Crippen LogP contribution in [-0.4, -0.2) is 29.5 Å². The summed E-state index contributed by atoms with van der Waals surface area (Å²) < 4.78 is 2.73. The van der Waals surface area contributed by atoms with E-state index in [1.807, 2.05) is 18.2 Å². The molecule has 0 saturated heterocycles. The van der Waals surface area contributed by atoms with Crippen molar-refractivity contribution in [2.75, 3.05) is 0 Å². The van der Waals surface area contributed by atoms with E-state index < -0.39 is 0 Å². The third-order valence-corrected chi connectivity index (χ3v) is 12.2. The second-order valence-corrected chi connectivity index (χ2v) is 14.5. The Bertz CT molecular complexity index is 2880. The molecule has 0 amide bonds. The first-order valence-electron chi connectivity index (χ1n) is 16.4. The first kappa shape index (κ1) is 28.1. The number of hydrogen-bond acceptors (Lipinski definition) is 3. The topological polar surface area (TPSA) is 38.7 Å². The summed E-state index contributed by atoms with van der Waals surface area (Å²) in [5.74, 6) is 2.06. The molecule has 0 unspecified atom stereocenters. The van der Waals surface area contributed by atoms with E-state index in [4.69, 9.17) is 15.0 Å². The molecular weight excluding hydrogens is 661 g/mol. The molecule has 49 heavy (non-hydrogen) atoms. The van der Waals surface area contributed by atoms with Gasteiger partial charge in [-0.15, -0.1) is 0 Å². The maximum absolute atomic E-state index is 5.22. The molecule has 10 aromatic rings. The van der Waals surface area contributed by atoms with Gasteiger partial charge in [-0.1, -0.05) is 24.3 Å². The van der Waals surface area contributed by atoms with Gasteiger partial charge in [-0.25, -0.2) is 0 Å². The van der Waals surface area contributed by atoms with Gasteiger partial charge in [-0.2, -0.15) is 0 Å². The molecule has 0 fully saturated rings. The Hall–Kier alpha value is -5.93. The number of benzene rings is 8. The van der Waals surface area contributed by atoms with Gasteiger partial charge >= 0.3 is 260 Å². The fourth-order valence-electron chi connectivity index (χ4n) is 7.15. The van der Waals surface area contributed by atoms with Crippen molar-refractivity contribution in [3.8, 4) is 45.3 Å². The molecule has 8 aromatic carbocycles. The van der Waals surface area contributed by atoms with Crippen LogP contribution in [0.3, 0.4) is 0 Å². The van der Waals surface area contributed by atoms with E-state index in [9.17, 15) is 0 Å². The van der Waals surface area contributed by atoms with Crippen LogP contribution in [0.15, 0.2) is 164 Å². The normalized spacial score (nSPS) is 11.7. The van der Waals surface area contributed by atoms with Crippen LogP contribution in [0, 0.1) is 0 Å². The molecule has 0 aliphatic rings. The van der Waals surface area contributed by atoms with Crippen LogP contribution in [0.2, 0.25) is 0 Å². The molecule has 0 N–H and O–H groups in total. The Balaban J connectivity index is 1.17. The Labute approximate surface area is 288 Å². The van der Waals surface area contributed by atoms with Crippen molar-refractivity contribution in [1.82, 2.24) is 15.0 Å². The molecule has 10 rings (SSSR count).